The van der Waals surface area contributed by atoms with Crippen molar-refractivity contribution in [1.29, 1.82) is 0 Å². The van der Waals surface area contributed by atoms with Crippen LogP contribution in [0.4, 0.5) is 0 Å². The van der Waals surface area contributed by atoms with Crippen LogP contribution in [0.25, 0.3) is 0 Å². The maximum Gasteiger partial charge on any atom is 0.186 e. The lowest BCUT2D eigenvalue weighted by Gasteiger charge is -2.17. The van der Waals surface area contributed by atoms with Crippen LogP contribution in [0.5, 0.6) is 0 Å². The second-order valence-corrected chi connectivity index (χ2v) is 4.31. The van der Waals surface area contributed by atoms with Gasteiger partial charge in [0.05, 0.1) is 10.5 Å². The van der Waals surface area contributed by atoms with Gasteiger partial charge in [0.15, 0.2) is 11.1 Å². The number of aliphatic hydroxyl groups is 1. The molecule has 0 aromatic heterocycles. The van der Waals surface area contributed by atoms with Gasteiger partial charge in [-0.3, -0.25) is 0 Å². The molecule has 0 bridgehead atoms. The van der Waals surface area contributed by atoms with Gasteiger partial charge in [0.1, 0.15) is 0 Å². The fourth-order valence-corrected chi connectivity index (χ4v) is 1.41. The minimum absolute atomic E-state index is 0.305. The molecule has 0 radical (unpaired) electrons. The van der Waals surface area contributed by atoms with Crippen molar-refractivity contribution in [3.05, 3.63) is 29.8 Å². The van der Waals surface area contributed by atoms with Crippen LogP contribution in [-0.4, -0.2) is 13.9 Å². The molecule has 13 heavy (non-hydrogen) atoms. The summed E-state index contributed by atoms with van der Waals surface area (Å²) in [6.45, 7) is 3.26. The molecule has 0 aliphatic rings. The maximum absolute atomic E-state index is 10.7. The molecule has 1 atom stereocenters. The van der Waals surface area contributed by atoms with Crippen molar-refractivity contribution in [2.75, 3.05) is 0 Å². The van der Waals surface area contributed by atoms with Crippen molar-refractivity contribution >= 4 is 11.1 Å². The van der Waals surface area contributed by atoms with E-state index in [-0.39, 0.29) is 0 Å². The van der Waals surface area contributed by atoms with E-state index in [1.807, 2.05) is 0 Å². The molecule has 4 heteroatoms. The maximum atomic E-state index is 10.7. The van der Waals surface area contributed by atoms with Crippen molar-refractivity contribution in [1.82, 2.24) is 0 Å². The van der Waals surface area contributed by atoms with Crippen LogP contribution in [0, 0.1) is 0 Å². The summed E-state index contributed by atoms with van der Waals surface area (Å²) in [5.74, 6) is 0. The Bertz CT molecular complexity index is 328. The largest absolute Gasteiger partial charge is 0.386 e. The fraction of sp³-hybridized carbons (Fsp3) is 0.333. The van der Waals surface area contributed by atoms with Gasteiger partial charge >= 0.3 is 0 Å². The molecule has 1 aromatic carbocycles. The summed E-state index contributed by atoms with van der Waals surface area (Å²) in [6.07, 6.45) is 0. The minimum atomic E-state index is -1.99. The number of hydrogen-bond donors (Lipinski definition) is 2. The molecular formula is C9H12O3S. The zero-order valence-electron chi connectivity index (χ0n) is 7.52. The Hall–Kier alpha value is -0.710. The van der Waals surface area contributed by atoms with Crippen LogP contribution in [0.3, 0.4) is 0 Å². The Morgan fingerprint density at radius 2 is 2.00 bits per heavy atom. The molecule has 1 unspecified atom stereocenters. The molecule has 1 aromatic rings. The Morgan fingerprint density at radius 1 is 1.38 bits per heavy atom. The molecule has 0 spiro atoms. The first-order chi connectivity index (χ1) is 5.91. The lowest BCUT2D eigenvalue weighted by Crippen LogP contribution is -2.15. The van der Waals surface area contributed by atoms with Gasteiger partial charge in [0.2, 0.25) is 0 Å². The third-order valence-electron chi connectivity index (χ3n) is 1.74. The first-order valence-electron chi connectivity index (χ1n) is 3.85. The fourth-order valence-electron chi connectivity index (χ4n) is 0.985. The summed E-state index contributed by atoms with van der Waals surface area (Å²) < 4.78 is 19.5. The van der Waals surface area contributed by atoms with E-state index in [0.29, 0.717) is 10.5 Å². The summed E-state index contributed by atoms with van der Waals surface area (Å²) in [6, 6.07) is 6.44. The zero-order chi connectivity index (χ0) is 10.1. The van der Waals surface area contributed by atoms with Crippen molar-refractivity contribution in [3.8, 4) is 0 Å². The minimum Gasteiger partial charge on any atom is -0.386 e. The van der Waals surface area contributed by atoms with Crippen molar-refractivity contribution < 1.29 is 13.9 Å². The molecular weight excluding hydrogens is 188 g/mol. The number of benzene rings is 1. The summed E-state index contributed by atoms with van der Waals surface area (Å²) in [5.41, 5.74) is -0.345. The quantitative estimate of drug-likeness (QED) is 0.711. The van der Waals surface area contributed by atoms with Crippen molar-refractivity contribution in [2.45, 2.75) is 24.3 Å². The average molecular weight is 200 g/mol. The molecule has 0 saturated heterocycles. The van der Waals surface area contributed by atoms with Gasteiger partial charge in [0, 0.05) is 0 Å². The smallest absolute Gasteiger partial charge is 0.186 e. The van der Waals surface area contributed by atoms with Crippen molar-refractivity contribution in [2.24, 2.45) is 0 Å². The summed E-state index contributed by atoms with van der Waals surface area (Å²) in [4.78, 5) is 0.305. The second kappa shape index (κ2) is 3.57. The first-order valence-corrected chi connectivity index (χ1v) is 4.96. The topological polar surface area (TPSA) is 57.5 Å². The Kier molecular flexibility index (Phi) is 2.85. The van der Waals surface area contributed by atoms with E-state index in [2.05, 4.69) is 0 Å². The molecule has 2 N–H and O–H groups in total. The van der Waals surface area contributed by atoms with Gasteiger partial charge in [-0.2, -0.15) is 0 Å². The highest BCUT2D eigenvalue weighted by Gasteiger charge is 2.16. The number of hydrogen-bond acceptors (Lipinski definition) is 2. The van der Waals surface area contributed by atoms with Gasteiger partial charge in [0.25, 0.3) is 0 Å². The van der Waals surface area contributed by atoms with Crippen LogP contribution in [0.2, 0.25) is 0 Å². The van der Waals surface area contributed by atoms with E-state index in [9.17, 15) is 9.32 Å². The summed E-state index contributed by atoms with van der Waals surface area (Å²) in [5, 5.41) is 9.61. The third-order valence-corrected chi connectivity index (χ3v) is 2.40. The van der Waals surface area contributed by atoms with Crippen LogP contribution < -0.4 is 0 Å². The highest BCUT2D eigenvalue weighted by atomic mass is 32.2. The van der Waals surface area contributed by atoms with E-state index in [1.54, 1.807) is 32.0 Å². The van der Waals surface area contributed by atoms with Gasteiger partial charge in [-0.1, -0.05) is 12.1 Å². The van der Waals surface area contributed by atoms with E-state index >= 15 is 0 Å². The molecule has 72 valence electrons. The van der Waals surface area contributed by atoms with E-state index in [1.165, 1.54) is 6.07 Å². The van der Waals surface area contributed by atoms with E-state index < -0.39 is 16.7 Å². The normalized spacial score (nSPS) is 14.2. The Balaban J connectivity index is 3.13. The van der Waals surface area contributed by atoms with Crippen LogP contribution in [-0.2, 0) is 16.7 Å². The highest BCUT2D eigenvalue weighted by Crippen LogP contribution is 2.21. The summed E-state index contributed by atoms with van der Waals surface area (Å²) >= 11 is -1.99. The molecule has 1 rings (SSSR count). The van der Waals surface area contributed by atoms with Gasteiger partial charge in [-0.05, 0) is 31.5 Å². The zero-order valence-corrected chi connectivity index (χ0v) is 8.34. The Morgan fingerprint density at radius 3 is 2.46 bits per heavy atom. The average Bonchev–Trinajstić information content (AvgIpc) is 2.03. The monoisotopic (exact) mass is 200 g/mol. The van der Waals surface area contributed by atoms with Crippen LogP contribution >= 0.6 is 0 Å². The molecule has 0 heterocycles. The van der Waals surface area contributed by atoms with Crippen LogP contribution in [0.1, 0.15) is 19.4 Å². The lowest BCUT2D eigenvalue weighted by molar-refractivity contribution is 0.0784. The molecule has 0 amide bonds. The molecule has 0 fully saturated rings. The highest BCUT2D eigenvalue weighted by molar-refractivity contribution is 7.79. The lowest BCUT2D eigenvalue weighted by atomic mass is 9.99. The predicted octanol–water partition coefficient (Wildman–Crippen LogP) is 1.49. The second-order valence-electron chi connectivity index (χ2n) is 3.34. The Labute approximate surface area is 79.7 Å². The first kappa shape index (κ1) is 10.4. The SMILES string of the molecule is CC(C)(O)c1cccc(S(=O)O)c1. The van der Waals surface area contributed by atoms with Crippen molar-refractivity contribution in [3.63, 3.8) is 0 Å². The van der Waals surface area contributed by atoms with Crippen LogP contribution in [0.15, 0.2) is 29.2 Å². The van der Waals surface area contributed by atoms with E-state index in [0.717, 1.165) is 0 Å². The standard InChI is InChI=1S/C9H12O3S/c1-9(2,10)7-4-3-5-8(6-7)13(11)12/h3-6,10H,1-2H3,(H,11,12). The summed E-state index contributed by atoms with van der Waals surface area (Å²) in [7, 11) is 0. The number of rotatable bonds is 2. The van der Waals surface area contributed by atoms with Gasteiger partial charge in [-0.15, -0.1) is 0 Å². The predicted molar refractivity (Wildman–Crippen MR) is 50.7 cm³/mol. The van der Waals surface area contributed by atoms with E-state index in [4.69, 9.17) is 4.55 Å². The molecule has 0 aliphatic heterocycles. The van der Waals surface area contributed by atoms with Gasteiger partial charge < -0.3 is 9.66 Å². The molecule has 3 nitrogen and oxygen atoms in total. The van der Waals surface area contributed by atoms with Gasteiger partial charge in [-0.25, -0.2) is 4.21 Å². The molecule has 0 aliphatic carbocycles. The molecule has 0 saturated carbocycles. The third kappa shape index (κ3) is 2.62.